The van der Waals surface area contributed by atoms with Crippen molar-refractivity contribution in [3.63, 3.8) is 0 Å². The standard InChI is InChI=1S/C18H18N2O3/c1-11-8-17(20-23-11)19-18(21)12(2)13-4-5-15-10-16(22-3)7-6-14(15)9-13/h4-10,12H,1-3H3,(H,19,20,21). The second-order valence-electron chi connectivity index (χ2n) is 5.51. The molecule has 5 heteroatoms. The minimum Gasteiger partial charge on any atom is -0.497 e. The van der Waals surface area contributed by atoms with E-state index in [0.29, 0.717) is 11.6 Å². The van der Waals surface area contributed by atoms with Gasteiger partial charge in [0, 0.05) is 6.07 Å². The highest BCUT2D eigenvalue weighted by atomic mass is 16.5. The molecule has 0 fully saturated rings. The highest BCUT2D eigenvalue weighted by molar-refractivity contribution is 5.95. The predicted molar refractivity (Wildman–Crippen MR) is 88.8 cm³/mol. The molecule has 0 aliphatic heterocycles. The molecule has 2 aromatic carbocycles. The Bertz CT molecular complexity index is 854. The van der Waals surface area contributed by atoms with Crippen molar-refractivity contribution in [2.75, 3.05) is 12.4 Å². The van der Waals surface area contributed by atoms with Crippen LogP contribution in [-0.2, 0) is 4.79 Å². The van der Waals surface area contributed by atoms with Crippen molar-refractivity contribution in [3.05, 3.63) is 53.8 Å². The number of nitrogens with one attached hydrogen (secondary N) is 1. The zero-order chi connectivity index (χ0) is 16.4. The Morgan fingerprint density at radius 2 is 1.91 bits per heavy atom. The third kappa shape index (κ3) is 3.18. The number of nitrogens with zero attached hydrogens (tertiary/aromatic N) is 1. The van der Waals surface area contributed by atoms with Gasteiger partial charge in [-0.25, -0.2) is 0 Å². The maximum Gasteiger partial charge on any atom is 0.232 e. The van der Waals surface area contributed by atoms with Gasteiger partial charge in [-0.15, -0.1) is 0 Å². The lowest BCUT2D eigenvalue weighted by atomic mass is 9.97. The SMILES string of the molecule is COc1ccc2cc(C(C)C(=O)Nc3cc(C)on3)ccc2c1. The van der Waals surface area contributed by atoms with Crippen LogP contribution in [0.5, 0.6) is 5.75 Å². The number of aryl methyl sites for hydroxylation is 1. The third-order valence-corrected chi connectivity index (χ3v) is 3.84. The zero-order valence-corrected chi connectivity index (χ0v) is 13.3. The van der Waals surface area contributed by atoms with Crippen LogP contribution >= 0.6 is 0 Å². The molecule has 0 bridgehead atoms. The lowest BCUT2D eigenvalue weighted by Gasteiger charge is -2.12. The number of methoxy groups -OCH3 is 1. The van der Waals surface area contributed by atoms with Crippen LogP contribution < -0.4 is 10.1 Å². The largest absolute Gasteiger partial charge is 0.497 e. The fourth-order valence-corrected chi connectivity index (χ4v) is 2.45. The zero-order valence-electron chi connectivity index (χ0n) is 13.3. The summed E-state index contributed by atoms with van der Waals surface area (Å²) in [5, 5.41) is 8.69. The van der Waals surface area contributed by atoms with Gasteiger partial charge in [0.05, 0.1) is 13.0 Å². The number of carbonyl (C=O) groups is 1. The number of benzene rings is 2. The molecule has 23 heavy (non-hydrogen) atoms. The average Bonchev–Trinajstić information content (AvgIpc) is 2.97. The van der Waals surface area contributed by atoms with E-state index in [4.69, 9.17) is 9.26 Å². The monoisotopic (exact) mass is 310 g/mol. The van der Waals surface area contributed by atoms with Crippen molar-refractivity contribution in [2.45, 2.75) is 19.8 Å². The summed E-state index contributed by atoms with van der Waals surface area (Å²) < 4.78 is 10.2. The van der Waals surface area contributed by atoms with E-state index in [0.717, 1.165) is 22.1 Å². The van der Waals surface area contributed by atoms with E-state index in [2.05, 4.69) is 10.5 Å². The van der Waals surface area contributed by atoms with E-state index in [1.54, 1.807) is 20.1 Å². The Labute approximate surface area is 134 Å². The van der Waals surface area contributed by atoms with E-state index >= 15 is 0 Å². The molecule has 0 saturated heterocycles. The Morgan fingerprint density at radius 1 is 1.17 bits per heavy atom. The van der Waals surface area contributed by atoms with Gasteiger partial charge in [-0.3, -0.25) is 4.79 Å². The molecular weight excluding hydrogens is 292 g/mol. The van der Waals surface area contributed by atoms with Gasteiger partial charge in [0.1, 0.15) is 11.5 Å². The summed E-state index contributed by atoms with van der Waals surface area (Å²) in [6.07, 6.45) is 0. The van der Waals surface area contributed by atoms with Crippen LogP contribution in [0, 0.1) is 6.92 Å². The number of hydrogen-bond donors (Lipinski definition) is 1. The van der Waals surface area contributed by atoms with Gasteiger partial charge >= 0.3 is 0 Å². The molecule has 1 N–H and O–H groups in total. The van der Waals surface area contributed by atoms with Crippen LogP contribution in [0.25, 0.3) is 10.8 Å². The Hall–Kier alpha value is -2.82. The van der Waals surface area contributed by atoms with Gasteiger partial charge in [-0.1, -0.05) is 29.4 Å². The lowest BCUT2D eigenvalue weighted by Crippen LogP contribution is -2.19. The summed E-state index contributed by atoms with van der Waals surface area (Å²) in [5.74, 6) is 1.50. The normalized spacial score (nSPS) is 12.1. The maximum atomic E-state index is 12.3. The van der Waals surface area contributed by atoms with Gasteiger partial charge in [0.25, 0.3) is 0 Å². The van der Waals surface area contributed by atoms with E-state index in [9.17, 15) is 4.79 Å². The first-order valence-electron chi connectivity index (χ1n) is 7.38. The first kappa shape index (κ1) is 15.1. The van der Waals surface area contributed by atoms with Gasteiger partial charge in [0.15, 0.2) is 5.82 Å². The summed E-state index contributed by atoms with van der Waals surface area (Å²) >= 11 is 0. The summed E-state index contributed by atoms with van der Waals surface area (Å²) in [6, 6.07) is 13.5. The molecular formula is C18H18N2O3. The summed E-state index contributed by atoms with van der Waals surface area (Å²) in [6.45, 7) is 3.65. The van der Waals surface area contributed by atoms with Gasteiger partial charge < -0.3 is 14.6 Å². The van der Waals surface area contributed by atoms with E-state index in [1.807, 2.05) is 43.3 Å². The molecule has 1 atom stereocenters. The van der Waals surface area contributed by atoms with Crippen molar-refractivity contribution < 1.29 is 14.1 Å². The highest BCUT2D eigenvalue weighted by Gasteiger charge is 2.17. The average molecular weight is 310 g/mol. The van der Waals surface area contributed by atoms with Crippen molar-refractivity contribution in [3.8, 4) is 5.75 Å². The molecule has 0 saturated carbocycles. The maximum absolute atomic E-state index is 12.3. The topological polar surface area (TPSA) is 64.4 Å². The molecule has 0 aliphatic carbocycles. The molecule has 3 aromatic rings. The smallest absolute Gasteiger partial charge is 0.232 e. The Balaban J connectivity index is 1.82. The number of amides is 1. The number of rotatable bonds is 4. The van der Waals surface area contributed by atoms with Crippen LogP contribution in [-0.4, -0.2) is 18.2 Å². The van der Waals surface area contributed by atoms with Gasteiger partial charge in [-0.05, 0) is 42.3 Å². The van der Waals surface area contributed by atoms with Crippen molar-refractivity contribution in [1.29, 1.82) is 0 Å². The molecule has 0 radical (unpaired) electrons. The van der Waals surface area contributed by atoms with Crippen LogP contribution in [0.3, 0.4) is 0 Å². The van der Waals surface area contributed by atoms with Crippen LogP contribution in [0.1, 0.15) is 24.2 Å². The minimum atomic E-state index is -0.293. The summed E-state index contributed by atoms with van der Waals surface area (Å²) in [5.41, 5.74) is 0.945. The summed E-state index contributed by atoms with van der Waals surface area (Å²) in [4.78, 5) is 12.3. The van der Waals surface area contributed by atoms with Crippen molar-refractivity contribution >= 4 is 22.5 Å². The molecule has 0 spiro atoms. The van der Waals surface area contributed by atoms with E-state index in [1.165, 1.54) is 0 Å². The van der Waals surface area contributed by atoms with Crippen LogP contribution in [0.2, 0.25) is 0 Å². The molecule has 1 amide bonds. The van der Waals surface area contributed by atoms with Gasteiger partial charge in [-0.2, -0.15) is 0 Å². The minimum absolute atomic E-state index is 0.119. The Kier molecular flexibility index (Phi) is 4.02. The van der Waals surface area contributed by atoms with E-state index in [-0.39, 0.29) is 11.8 Å². The number of fused-ring (bicyclic) bond motifs is 1. The number of anilines is 1. The molecule has 5 nitrogen and oxygen atoms in total. The van der Waals surface area contributed by atoms with Crippen LogP contribution in [0.15, 0.2) is 47.0 Å². The van der Waals surface area contributed by atoms with E-state index < -0.39 is 0 Å². The first-order valence-corrected chi connectivity index (χ1v) is 7.38. The second kappa shape index (κ2) is 6.12. The van der Waals surface area contributed by atoms with Crippen molar-refractivity contribution in [1.82, 2.24) is 5.16 Å². The fraction of sp³-hybridized carbons (Fsp3) is 0.222. The van der Waals surface area contributed by atoms with Crippen LogP contribution in [0.4, 0.5) is 5.82 Å². The number of aromatic nitrogens is 1. The first-order chi connectivity index (χ1) is 11.1. The predicted octanol–water partition coefficient (Wildman–Crippen LogP) is 3.89. The van der Waals surface area contributed by atoms with Crippen molar-refractivity contribution in [2.24, 2.45) is 0 Å². The summed E-state index contributed by atoms with van der Waals surface area (Å²) in [7, 11) is 1.65. The number of hydrogen-bond acceptors (Lipinski definition) is 4. The number of ether oxygens (including phenoxy) is 1. The molecule has 118 valence electrons. The molecule has 1 unspecified atom stereocenters. The fourth-order valence-electron chi connectivity index (χ4n) is 2.45. The molecule has 1 heterocycles. The quantitative estimate of drug-likeness (QED) is 0.794. The lowest BCUT2D eigenvalue weighted by molar-refractivity contribution is -0.117. The number of carbonyl (C=O) groups excluding carboxylic acids is 1. The second-order valence-corrected chi connectivity index (χ2v) is 5.51. The Morgan fingerprint density at radius 3 is 2.61 bits per heavy atom. The third-order valence-electron chi connectivity index (χ3n) is 3.84. The molecule has 0 aliphatic rings. The van der Waals surface area contributed by atoms with Gasteiger partial charge in [0.2, 0.25) is 5.91 Å². The molecule has 3 rings (SSSR count). The highest BCUT2D eigenvalue weighted by Crippen LogP contribution is 2.25. The molecule has 1 aromatic heterocycles.